The van der Waals surface area contributed by atoms with Crippen LogP contribution in [0.15, 0.2) is 30.5 Å². The van der Waals surface area contributed by atoms with E-state index in [-0.39, 0.29) is 0 Å². The van der Waals surface area contributed by atoms with Gasteiger partial charge in [-0.15, -0.1) is 0 Å². The normalized spacial score (nSPS) is 10.0. The molecular weight excluding hydrogens is 304 g/mol. The van der Waals surface area contributed by atoms with Crippen molar-refractivity contribution < 1.29 is 4.74 Å². The van der Waals surface area contributed by atoms with Crippen LogP contribution in [0.4, 0.5) is 0 Å². The molecule has 19 heavy (non-hydrogen) atoms. The molecule has 0 fully saturated rings. The van der Waals surface area contributed by atoms with Gasteiger partial charge in [0.2, 0.25) is 5.88 Å². The standard InChI is InChI=1S/C15H13BrN2O/c1-10-3-4-12(8-17)6-14(10)19-15-11(2)5-13(7-16)9-18-15/h3-6,9H,7H2,1-2H3. The maximum atomic E-state index is 8.92. The van der Waals surface area contributed by atoms with E-state index in [1.807, 2.05) is 26.0 Å². The Morgan fingerprint density at radius 1 is 1.26 bits per heavy atom. The van der Waals surface area contributed by atoms with Crippen molar-refractivity contribution in [2.45, 2.75) is 19.2 Å². The van der Waals surface area contributed by atoms with Crippen molar-refractivity contribution in [1.29, 1.82) is 5.26 Å². The molecule has 0 N–H and O–H groups in total. The zero-order chi connectivity index (χ0) is 13.8. The number of nitrogens with zero attached hydrogens (tertiary/aromatic N) is 2. The molecule has 0 aliphatic carbocycles. The van der Waals surface area contributed by atoms with Crippen LogP contribution in [0.3, 0.4) is 0 Å². The van der Waals surface area contributed by atoms with E-state index in [2.05, 4.69) is 27.0 Å². The molecule has 0 saturated heterocycles. The molecule has 2 rings (SSSR count). The van der Waals surface area contributed by atoms with Crippen LogP contribution in [-0.2, 0) is 5.33 Å². The minimum absolute atomic E-state index is 0.572. The zero-order valence-electron chi connectivity index (χ0n) is 10.8. The Morgan fingerprint density at radius 3 is 2.68 bits per heavy atom. The van der Waals surface area contributed by atoms with Crippen LogP contribution in [0.25, 0.3) is 0 Å². The third-order valence-electron chi connectivity index (χ3n) is 2.77. The minimum atomic E-state index is 0.572. The van der Waals surface area contributed by atoms with E-state index >= 15 is 0 Å². The number of aromatic nitrogens is 1. The highest BCUT2D eigenvalue weighted by molar-refractivity contribution is 9.08. The lowest BCUT2D eigenvalue weighted by Gasteiger charge is -2.10. The highest BCUT2D eigenvalue weighted by Gasteiger charge is 2.07. The lowest BCUT2D eigenvalue weighted by Crippen LogP contribution is -1.95. The Morgan fingerprint density at radius 2 is 2.05 bits per heavy atom. The fourth-order valence-corrected chi connectivity index (χ4v) is 1.99. The number of hydrogen-bond donors (Lipinski definition) is 0. The first-order valence-electron chi connectivity index (χ1n) is 5.84. The number of ether oxygens (including phenoxy) is 1. The Hall–Kier alpha value is -1.86. The largest absolute Gasteiger partial charge is 0.438 e. The van der Waals surface area contributed by atoms with Gasteiger partial charge in [-0.25, -0.2) is 4.98 Å². The fraction of sp³-hybridized carbons (Fsp3) is 0.200. The monoisotopic (exact) mass is 316 g/mol. The summed E-state index contributed by atoms with van der Waals surface area (Å²) in [7, 11) is 0. The molecule has 0 radical (unpaired) electrons. The summed E-state index contributed by atoms with van der Waals surface area (Å²) < 4.78 is 5.80. The topological polar surface area (TPSA) is 45.9 Å². The lowest BCUT2D eigenvalue weighted by atomic mass is 10.1. The SMILES string of the molecule is Cc1ccc(C#N)cc1Oc1ncc(CBr)cc1C. The number of halogens is 1. The minimum Gasteiger partial charge on any atom is -0.438 e. The summed E-state index contributed by atoms with van der Waals surface area (Å²) in [6.45, 7) is 3.90. The van der Waals surface area contributed by atoms with Crippen LogP contribution in [0.5, 0.6) is 11.6 Å². The summed E-state index contributed by atoms with van der Waals surface area (Å²) in [6, 6.07) is 9.51. The molecule has 1 aromatic carbocycles. The Labute approximate surface area is 121 Å². The molecule has 1 aromatic heterocycles. The Kier molecular flexibility index (Phi) is 4.18. The van der Waals surface area contributed by atoms with E-state index in [0.29, 0.717) is 17.2 Å². The summed E-state index contributed by atoms with van der Waals surface area (Å²) in [6.07, 6.45) is 1.78. The van der Waals surface area contributed by atoms with Crippen LogP contribution in [0, 0.1) is 25.2 Å². The predicted molar refractivity (Wildman–Crippen MR) is 77.6 cm³/mol. The highest BCUT2D eigenvalue weighted by Crippen LogP contribution is 2.27. The van der Waals surface area contributed by atoms with E-state index in [4.69, 9.17) is 10.00 Å². The molecule has 0 unspecified atom stereocenters. The maximum Gasteiger partial charge on any atom is 0.222 e. The highest BCUT2D eigenvalue weighted by atomic mass is 79.9. The molecule has 0 aliphatic rings. The van der Waals surface area contributed by atoms with Gasteiger partial charge >= 0.3 is 0 Å². The number of hydrogen-bond acceptors (Lipinski definition) is 3. The van der Waals surface area contributed by atoms with Crippen molar-refractivity contribution in [2.75, 3.05) is 0 Å². The maximum absolute atomic E-state index is 8.92. The van der Waals surface area contributed by atoms with Crippen molar-refractivity contribution >= 4 is 15.9 Å². The van der Waals surface area contributed by atoms with Crippen LogP contribution in [0.2, 0.25) is 0 Å². The smallest absolute Gasteiger partial charge is 0.222 e. The van der Waals surface area contributed by atoms with Gasteiger partial charge in [0.15, 0.2) is 0 Å². The van der Waals surface area contributed by atoms with Crippen molar-refractivity contribution in [3.63, 3.8) is 0 Å². The number of nitriles is 1. The average Bonchev–Trinajstić information content (AvgIpc) is 2.43. The van der Waals surface area contributed by atoms with Gasteiger partial charge in [-0.05, 0) is 43.2 Å². The van der Waals surface area contributed by atoms with Gasteiger partial charge in [-0.2, -0.15) is 5.26 Å². The van der Waals surface area contributed by atoms with Crippen LogP contribution in [0.1, 0.15) is 22.3 Å². The molecule has 1 heterocycles. The van der Waals surface area contributed by atoms with Crippen LogP contribution in [-0.4, -0.2) is 4.98 Å². The first-order chi connectivity index (χ1) is 9.13. The molecule has 96 valence electrons. The molecule has 0 bridgehead atoms. The number of pyridine rings is 1. The molecule has 0 aliphatic heterocycles. The van der Waals surface area contributed by atoms with E-state index in [1.54, 1.807) is 18.3 Å². The third kappa shape index (κ3) is 3.12. The quantitative estimate of drug-likeness (QED) is 0.795. The van der Waals surface area contributed by atoms with Crippen molar-refractivity contribution in [3.8, 4) is 17.7 Å². The Balaban J connectivity index is 2.33. The molecule has 2 aromatic rings. The fourth-order valence-electron chi connectivity index (χ4n) is 1.68. The predicted octanol–water partition coefficient (Wildman–Crippen LogP) is 4.26. The summed E-state index contributed by atoms with van der Waals surface area (Å²) in [5.41, 5.74) is 3.63. The molecule has 3 nitrogen and oxygen atoms in total. The molecule has 0 spiro atoms. The van der Waals surface area contributed by atoms with Crippen LogP contribution >= 0.6 is 15.9 Å². The van der Waals surface area contributed by atoms with Crippen molar-refractivity contribution in [2.24, 2.45) is 0 Å². The molecule has 4 heteroatoms. The van der Waals surface area contributed by atoms with E-state index in [9.17, 15) is 0 Å². The van der Waals surface area contributed by atoms with E-state index in [0.717, 1.165) is 22.0 Å². The Bertz CT molecular complexity index is 647. The number of aryl methyl sites for hydroxylation is 2. The van der Waals surface area contributed by atoms with Gasteiger partial charge in [0.1, 0.15) is 5.75 Å². The summed E-state index contributed by atoms with van der Waals surface area (Å²) >= 11 is 3.40. The van der Waals surface area contributed by atoms with Gasteiger partial charge in [0.25, 0.3) is 0 Å². The number of alkyl halides is 1. The summed E-state index contributed by atoms with van der Waals surface area (Å²) in [5, 5.41) is 9.68. The second-order valence-corrected chi connectivity index (χ2v) is 4.85. The van der Waals surface area contributed by atoms with E-state index in [1.165, 1.54) is 0 Å². The second-order valence-electron chi connectivity index (χ2n) is 4.29. The zero-order valence-corrected chi connectivity index (χ0v) is 12.4. The van der Waals surface area contributed by atoms with Crippen molar-refractivity contribution in [1.82, 2.24) is 4.98 Å². The molecular formula is C15H13BrN2O. The van der Waals surface area contributed by atoms with Gasteiger partial charge in [-0.1, -0.05) is 22.0 Å². The summed E-state index contributed by atoms with van der Waals surface area (Å²) in [4.78, 5) is 4.31. The van der Waals surface area contributed by atoms with Gasteiger partial charge in [0, 0.05) is 17.1 Å². The van der Waals surface area contributed by atoms with Crippen molar-refractivity contribution in [3.05, 3.63) is 52.7 Å². The number of benzene rings is 1. The summed E-state index contributed by atoms with van der Waals surface area (Å²) in [5.74, 6) is 1.24. The average molecular weight is 317 g/mol. The van der Waals surface area contributed by atoms with Gasteiger partial charge < -0.3 is 4.74 Å². The molecule has 0 atom stereocenters. The number of rotatable bonds is 3. The molecule has 0 saturated carbocycles. The van der Waals surface area contributed by atoms with E-state index < -0.39 is 0 Å². The van der Waals surface area contributed by atoms with Crippen LogP contribution < -0.4 is 4.74 Å². The lowest BCUT2D eigenvalue weighted by molar-refractivity contribution is 0.455. The third-order valence-corrected chi connectivity index (χ3v) is 3.41. The first-order valence-corrected chi connectivity index (χ1v) is 6.96. The molecule has 0 amide bonds. The first kappa shape index (κ1) is 13.6. The van der Waals surface area contributed by atoms with Gasteiger partial charge in [0.05, 0.1) is 11.6 Å². The second kappa shape index (κ2) is 5.85. The van der Waals surface area contributed by atoms with Gasteiger partial charge in [-0.3, -0.25) is 0 Å².